The Morgan fingerprint density at radius 2 is 2.06 bits per heavy atom. The second kappa shape index (κ2) is 5.24. The Morgan fingerprint density at radius 1 is 1.33 bits per heavy atom. The Bertz CT molecular complexity index is 531. The van der Waals surface area contributed by atoms with Crippen molar-refractivity contribution in [3.63, 3.8) is 0 Å². The van der Waals surface area contributed by atoms with Gasteiger partial charge in [0.1, 0.15) is 0 Å². The predicted octanol–water partition coefficient (Wildman–Crippen LogP) is 3.15. The number of benzene rings is 1. The van der Waals surface area contributed by atoms with Gasteiger partial charge in [0.15, 0.2) is 0 Å². The lowest BCUT2D eigenvalue weighted by molar-refractivity contribution is 0.413. The molecule has 0 unspecified atom stereocenters. The predicted molar refractivity (Wildman–Crippen MR) is 77.6 cm³/mol. The van der Waals surface area contributed by atoms with Gasteiger partial charge < -0.3 is 9.88 Å². The van der Waals surface area contributed by atoms with Crippen LogP contribution in [0.4, 0.5) is 0 Å². The second-order valence-corrected chi connectivity index (χ2v) is 5.73. The molecule has 3 nitrogen and oxygen atoms in total. The van der Waals surface area contributed by atoms with Crippen molar-refractivity contribution in [2.75, 3.05) is 7.05 Å². The molecule has 1 heterocycles. The molecule has 0 radical (unpaired) electrons. The van der Waals surface area contributed by atoms with Crippen molar-refractivity contribution in [2.24, 2.45) is 0 Å². The normalized spacial score (nSPS) is 11.8. The van der Waals surface area contributed by atoms with E-state index in [4.69, 9.17) is 0 Å². The van der Waals surface area contributed by atoms with Crippen LogP contribution < -0.4 is 5.32 Å². The number of nitrogens with zero attached hydrogens (tertiary/aromatic N) is 2. The molecule has 2 rings (SSSR count). The molecule has 1 aromatic heterocycles. The molecule has 0 aliphatic heterocycles. The molecule has 0 saturated carbocycles. The van der Waals surface area contributed by atoms with Gasteiger partial charge in [-0.15, -0.1) is 0 Å². The van der Waals surface area contributed by atoms with Crippen LogP contribution in [-0.4, -0.2) is 16.6 Å². The first-order valence-corrected chi connectivity index (χ1v) is 6.77. The minimum Gasteiger partial charge on any atom is -0.328 e. The van der Waals surface area contributed by atoms with E-state index in [1.807, 2.05) is 25.6 Å². The van der Waals surface area contributed by atoms with Gasteiger partial charge in [0, 0.05) is 11.0 Å². The highest BCUT2D eigenvalue weighted by molar-refractivity contribution is 9.10. The van der Waals surface area contributed by atoms with Crippen molar-refractivity contribution in [3.05, 3.63) is 52.5 Å². The maximum atomic E-state index is 4.27. The monoisotopic (exact) mass is 307 g/mol. The fourth-order valence-electron chi connectivity index (χ4n) is 1.91. The van der Waals surface area contributed by atoms with Crippen molar-refractivity contribution in [1.82, 2.24) is 14.9 Å². The van der Waals surface area contributed by atoms with E-state index in [1.54, 1.807) is 0 Å². The van der Waals surface area contributed by atoms with E-state index in [0.29, 0.717) is 0 Å². The molecule has 0 bridgehead atoms. The number of halogens is 1. The Hall–Kier alpha value is -1.13. The summed E-state index contributed by atoms with van der Waals surface area (Å²) in [5.41, 5.74) is 2.35. The van der Waals surface area contributed by atoms with Crippen molar-refractivity contribution in [1.29, 1.82) is 0 Å². The Morgan fingerprint density at radius 3 is 2.72 bits per heavy atom. The maximum absolute atomic E-state index is 4.27. The van der Waals surface area contributed by atoms with Gasteiger partial charge in [-0.05, 0) is 32.5 Å². The summed E-state index contributed by atoms with van der Waals surface area (Å²) < 4.78 is 3.31. The molecule has 96 valence electrons. The smallest absolute Gasteiger partial charge is 0.0951 e. The zero-order chi connectivity index (χ0) is 13.2. The molecule has 0 amide bonds. The summed E-state index contributed by atoms with van der Waals surface area (Å²) in [4.78, 5) is 4.27. The van der Waals surface area contributed by atoms with Crippen LogP contribution in [-0.2, 0) is 12.1 Å². The van der Waals surface area contributed by atoms with Crippen LogP contribution >= 0.6 is 15.9 Å². The summed E-state index contributed by atoms with van der Waals surface area (Å²) in [5, 5.41) is 3.31. The van der Waals surface area contributed by atoms with E-state index in [0.717, 1.165) is 11.0 Å². The lowest BCUT2D eigenvalue weighted by atomic mass is 10.0. The van der Waals surface area contributed by atoms with Crippen LogP contribution in [0.25, 0.3) is 0 Å². The number of rotatable bonds is 4. The largest absolute Gasteiger partial charge is 0.328 e. The average molecular weight is 308 g/mol. The first-order chi connectivity index (χ1) is 8.54. The first kappa shape index (κ1) is 13.3. The standard InChI is InChI=1S/C14H18BrN3/c1-14(2,16-3)13-8-17-10-18(13)9-11-6-4-5-7-12(11)15/h4-8,10,16H,9H2,1-3H3. The number of aromatic nitrogens is 2. The second-order valence-electron chi connectivity index (χ2n) is 4.87. The quantitative estimate of drug-likeness (QED) is 0.940. The molecule has 0 aliphatic carbocycles. The van der Waals surface area contributed by atoms with Gasteiger partial charge in [-0.3, -0.25) is 0 Å². The van der Waals surface area contributed by atoms with E-state index in [2.05, 4.69) is 62.8 Å². The molecule has 0 fully saturated rings. The molecule has 1 N–H and O–H groups in total. The lowest BCUT2D eigenvalue weighted by Gasteiger charge is -2.25. The average Bonchev–Trinajstić information content (AvgIpc) is 2.81. The number of hydrogen-bond acceptors (Lipinski definition) is 2. The maximum Gasteiger partial charge on any atom is 0.0951 e. The van der Waals surface area contributed by atoms with Gasteiger partial charge in [0.25, 0.3) is 0 Å². The number of imidazole rings is 1. The molecule has 0 saturated heterocycles. The zero-order valence-corrected chi connectivity index (χ0v) is 12.5. The summed E-state index contributed by atoms with van der Waals surface area (Å²) in [6, 6.07) is 8.27. The third-order valence-corrected chi connectivity index (χ3v) is 4.05. The summed E-state index contributed by atoms with van der Waals surface area (Å²) in [6.45, 7) is 5.13. The zero-order valence-electron chi connectivity index (χ0n) is 10.9. The summed E-state index contributed by atoms with van der Waals surface area (Å²) in [7, 11) is 1.97. The summed E-state index contributed by atoms with van der Waals surface area (Å²) >= 11 is 3.58. The summed E-state index contributed by atoms with van der Waals surface area (Å²) in [6.07, 6.45) is 3.81. The SMILES string of the molecule is CNC(C)(C)c1cncn1Cc1ccccc1Br. The van der Waals surface area contributed by atoms with E-state index in [-0.39, 0.29) is 5.54 Å². The van der Waals surface area contributed by atoms with Gasteiger partial charge in [-0.1, -0.05) is 34.1 Å². The van der Waals surface area contributed by atoms with Crippen LogP contribution in [0.3, 0.4) is 0 Å². The lowest BCUT2D eigenvalue weighted by Crippen LogP contribution is -2.35. The Labute approximate surface area is 116 Å². The highest BCUT2D eigenvalue weighted by atomic mass is 79.9. The van der Waals surface area contributed by atoms with Crippen LogP contribution in [0.5, 0.6) is 0 Å². The topological polar surface area (TPSA) is 29.9 Å². The van der Waals surface area contributed by atoms with Gasteiger partial charge in [0.05, 0.1) is 23.8 Å². The van der Waals surface area contributed by atoms with Crippen LogP contribution in [0.2, 0.25) is 0 Å². The van der Waals surface area contributed by atoms with Crippen molar-refractivity contribution in [2.45, 2.75) is 25.9 Å². The van der Waals surface area contributed by atoms with Crippen LogP contribution in [0.1, 0.15) is 25.1 Å². The van der Waals surface area contributed by atoms with Crippen LogP contribution in [0, 0.1) is 0 Å². The molecule has 0 aliphatic rings. The minimum absolute atomic E-state index is 0.0856. The highest BCUT2D eigenvalue weighted by Gasteiger charge is 2.22. The van der Waals surface area contributed by atoms with Gasteiger partial charge >= 0.3 is 0 Å². The molecular formula is C14H18BrN3. The van der Waals surface area contributed by atoms with E-state index in [1.165, 1.54) is 11.3 Å². The molecular weight excluding hydrogens is 290 g/mol. The third-order valence-electron chi connectivity index (χ3n) is 3.28. The summed E-state index contributed by atoms with van der Waals surface area (Å²) in [5.74, 6) is 0. The molecule has 18 heavy (non-hydrogen) atoms. The van der Waals surface area contributed by atoms with Crippen molar-refractivity contribution in [3.8, 4) is 0 Å². The Balaban J connectivity index is 2.32. The third kappa shape index (κ3) is 2.65. The van der Waals surface area contributed by atoms with E-state index < -0.39 is 0 Å². The van der Waals surface area contributed by atoms with E-state index in [9.17, 15) is 0 Å². The highest BCUT2D eigenvalue weighted by Crippen LogP contribution is 2.22. The molecule has 0 spiro atoms. The van der Waals surface area contributed by atoms with Crippen molar-refractivity contribution < 1.29 is 0 Å². The molecule has 4 heteroatoms. The molecule has 0 atom stereocenters. The fourth-order valence-corrected chi connectivity index (χ4v) is 2.32. The fraction of sp³-hybridized carbons (Fsp3) is 0.357. The Kier molecular flexibility index (Phi) is 3.88. The first-order valence-electron chi connectivity index (χ1n) is 5.97. The number of hydrogen-bond donors (Lipinski definition) is 1. The number of nitrogens with one attached hydrogen (secondary N) is 1. The minimum atomic E-state index is -0.0856. The van der Waals surface area contributed by atoms with Gasteiger partial charge in [-0.2, -0.15) is 0 Å². The van der Waals surface area contributed by atoms with E-state index >= 15 is 0 Å². The molecule has 2 aromatic rings. The van der Waals surface area contributed by atoms with Gasteiger partial charge in [0.2, 0.25) is 0 Å². The van der Waals surface area contributed by atoms with Gasteiger partial charge in [-0.25, -0.2) is 4.98 Å². The van der Waals surface area contributed by atoms with Crippen LogP contribution in [0.15, 0.2) is 41.3 Å². The van der Waals surface area contributed by atoms with Crippen molar-refractivity contribution >= 4 is 15.9 Å². The molecule has 1 aromatic carbocycles.